The van der Waals surface area contributed by atoms with Gasteiger partial charge in [-0.15, -0.1) is 0 Å². The van der Waals surface area contributed by atoms with Gasteiger partial charge in [0.05, 0.1) is 21.9 Å². The highest BCUT2D eigenvalue weighted by molar-refractivity contribution is 5.80. The number of aromatic nitrogens is 4. The van der Waals surface area contributed by atoms with Gasteiger partial charge >= 0.3 is 0 Å². The van der Waals surface area contributed by atoms with Crippen LogP contribution in [0.4, 0.5) is 5.95 Å². The van der Waals surface area contributed by atoms with Gasteiger partial charge in [-0.05, 0) is 31.2 Å². The first-order valence-corrected chi connectivity index (χ1v) is 9.14. The Kier molecular flexibility index (Phi) is 4.76. The Hall–Kier alpha value is -3.68. The van der Waals surface area contributed by atoms with E-state index in [-0.39, 0.29) is 17.9 Å². The fourth-order valence-corrected chi connectivity index (χ4v) is 3.10. The fraction of sp³-hybridized carbons (Fsp3) is 0.200. The first kappa shape index (κ1) is 17.7. The number of amides is 1. The molecular weight excluding hydrogens is 356 g/mol. The van der Waals surface area contributed by atoms with Crippen molar-refractivity contribution in [2.45, 2.75) is 26.3 Å². The average molecular weight is 376 g/mol. The predicted molar refractivity (Wildman–Crippen MR) is 108 cm³/mol. The van der Waals surface area contributed by atoms with Crippen LogP contribution in [0.5, 0.6) is 0 Å². The summed E-state index contributed by atoms with van der Waals surface area (Å²) in [6.45, 7) is 2.29. The van der Waals surface area contributed by atoms with E-state index < -0.39 is 0 Å². The highest BCUT2D eigenvalue weighted by atomic mass is 16.2. The number of para-hydroxylation sites is 3. The van der Waals surface area contributed by atoms with Crippen LogP contribution in [0.25, 0.3) is 21.9 Å². The number of hydrogen-bond acceptors (Lipinski definition) is 5. The molecule has 0 spiro atoms. The molecule has 4 rings (SSSR count). The van der Waals surface area contributed by atoms with Gasteiger partial charge in [0.25, 0.3) is 5.56 Å². The van der Waals surface area contributed by atoms with Crippen molar-refractivity contribution < 1.29 is 4.79 Å². The molecule has 2 heterocycles. The minimum Gasteiger partial charge on any atom is -0.342 e. The van der Waals surface area contributed by atoms with Crippen molar-refractivity contribution in [2.75, 3.05) is 5.43 Å². The number of nitrogens with one attached hydrogen (secondary N) is 3. The lowest BCUT2D eigenvalue weighted by atomic mass is 10.2. The Morgan fingerprint density at radius 2 is 1.82 bits per heavy atom. The van der Waals surface area contributed by atoms with Crippen LogP contribution in [0.3, 0.4) is 0 Å². The summed E-state index contributed by atoms with van der Waals surface area (Å²) in [5, 5.41) is 0.547. The second kappa shape index (κ2) is 7.51. The Bertz CT molecular complexity index is 1180. The van der Waals surface area contributed by atoms with Crippen LogP contribution in [-0.2, 0) is 17.8 Å². The third kappa shape index (κ3) is 3.44. The molecule has 0 saturated carbocycles. The number of aryl methyl sites for hydroxylation is 1. The number of hydrazine groups is 1. The molecule has 0 radical (unpaired) electrons. The van der Waals surface area contributed by atoms with Crippen LogP contribution < -0.4 is 16.4 Å². The van der Waals surface area contributed by atoms with Gasteiger partial charge in [0.1, 0.15) is 5.82 Å². The average Bonchev–Trinajstić information content (AvgIpc) is 3.14. The second-order valence-corrected chi connectivity index (χ2v) is 6.38. The first-order chi connectivity index (χ1) is 13.7. The summed E-state index contributed by atoms with van der Waals surface area (Å²) in [6, 6.07) is 14.9. The van der Waals surface area contributed by atoms with E-state index in [1.165, 1.54) is 4.57 Å². The first-order valence-electron chi connectivity index (χ1n) is 9.14. The second-order valence-electron chi connectivity index (χ2n) is 6.38. The number of H-pyrrole nitrogens is 1. The van der Waals surface area contributed by atoms with E-state index in [1.807, 2.05) is 37.3 Å². The van der Waals surface area contributed by atoms with Crippen molar-refractivity contribution in [3.05, 3.63) is 64.7 Å². The van der Waals surface area contributed by atoms with Crippen molar-refractivity contribution in [3.63, 3.8) is 0 Å². The van der Waals surface area contributed by atoms with E-state index in [4.69, 9.17) is 0 Å². The fourth-order valence-electron chi connectivity index (χ4n) is 3.10. The monoisotopic (exact) mass is 376 g/mol. The third-order valence-electron chi connectivity index (χ3n) is 4.52. The molecule has 0 aliphatic rings. The highest BCUT2D eigenvalue weighted by Gasteiger charge is 2.11. The van der Waals surface area contributed by atoms with Gasteiger partial charge in [0.2, 0.25) is 11.9 Å². The number of anilines is 1. The van der Waals surface area contributed by atoms with Crippen molar-refractivity contribution in [1.29, 1.82) is 0 Å². The number of nitrogens with zero attached hydrogens (tertiary/aromatic N) is 3. The van der Waals surface area contributed by atoms with E-state index >= 15 is 0 Å². The van der Waals surface area contributed by atoms with Gasteiger partial charge in [-0.1, -0.05) is 24.3 Å². The van der Waals surface area contributed by atoms with Crippen LogP contribution in [0.1, 0.15) is 19.2 Å². The lowest BCUT2D eigenvalue weighted by molar-refractivity contribution is -0.120. The number of carbonyl (C=O) groups excluding carboxylic acids is 1. The van der Waals surface area contributed by atoms with Gasteiger partial charge in [0, 0.05) is 19.4 Å². The van der Waals surface area contributed by atoms with E-state index in [0.717, 1.165) is 16.9 Å². The van der Waals surface area contributed by atoms with Crippen LogP contribution >= 0.6 is 0 Å². The summed E-state index contributed by atoms with van der Waals surface area (Å²) in [7, 11) is 0. The molecule has 8 nitrogen and oxygen atoms in total. The van der Waals surface area contributed by atoms with Gasteiger partial charge in [-0.3, -0.25) is 25.0 Å². The molecular formula is C20H20N6O2. The molecule has 2 aromatic heterocycles. The van der Waals surface area contributed by atoms with Crippen molar-refractivity contribution in [2.24, 2.45) is 0 Å². The van der Waals surface area contributed by atoms with E-state index in [9.17, 15) is 9.59 Å². The maximum atomic E-state index is 12.6. The Labute approximate surface area is 160 Å². The maximum absolute atomic E-state index is 12.6. The van der Waals surface area contributed by atoms with Crippen molar-refractivity contribution in [1.82, 2.24) is 24.9 Å². The Morgan fingerprint density at radius 3 is 2.61 bits per heavy atom. The summed E-state index contributed by atoms with van der Waals surface area (Å²) in [5.41, 5.74) is 7.66. The molecule has 142 valence electrons. The smallest absolute Gasteiger partial charge is 0.262 e. The number of aromatic amines is 1. The minimum absolute atomic E-state index is 0.146. The third-order valence-corrected chi connectivity index (χ3v) is 4.52. The molecule has 0 fully saturated rings. The molecule has 4 aromatic rings. The van der Waals surface area contributed by atoms with Gasteiger partial charge in [0.15, 0.2) is 0 Å². The molecule has 0 aliphatic heterocycles. The molecule has 0 saturated heterocycles. The number of benzene rings is 2. The van der Waals surface area contributed by atoms with Crippen LogP contribution in [0, 0.1) is 0 Å². The predicted octanol–water partition coefficient (Wildman–Crippen LogP) is 2.37. The number of imidazole rings is 1. The van der Waals surface area contributed by atoms with Gasteiger partial charge < -0.3 is 4.98 Å². The van der Waals surface area contributed by atoms with E-state index in [2.05, 4.69) is 25.8 Å². The molecule has 3 N–H and O–H groups in total. The maximum Gasteiger partial charge on any atom is 0.262 e. The number of carbonyl (C=O) groups is 1. The van der Waals surface area contributed by atoms with Crippen LogP contribution in [0.15, 0.2) is 53.3 Å². The zero-order valence-corrected chi connectivity index (χ0v) is 15.4. The largest absolute Gasteiger partial charge is 0.342 e. The molecule has 28 heavy (non-hydrogen) atoms. The van der Waals surface area contributed by atoms with Gasteiger partial charge in [-0.25, -0.2) is 9.97 Å². The molecule has 0 bridgehead atoms. The molecule has 0 atom stereocenters. The summed E-state index contributed by atoms with van der Waals surface area (Å²) >= 11 is 0. The lowest BCUT2D eigenvalue weighted by Crippen LogP contribution is -2.34. The molecule has 2 aromatic carbocycles. The summed E-state index contributed by atoms with van der Waals surface area (Å²) in [5.74, 6) is 0.847. The quantitative estimate of drug-likeness (QED) is 0.448. The van der Waals surface area contributed by atoms with E-state index in [0.29, 0.717) is 29.8 Å². The Morgan fingerprint density at radius 1 is 1.07 bits per heavy atom. The number of fused-ring (bicyclic) bond motifs is 2. The summed E-state index contributed by atoms with van der Waals surface area (Å²) in [6.07, 6.45) is 0.727. The van der Waals surface area contributed by atoms with Crippen LogP contribution in [0.2, 0.25) is 0 Å². The highest BCUT2D eigenvalue weighted by Crippen LogP contribution is 2.12. The summed E-state index contributed by atoms with van der Waals surface area (Å²) < 4.78 is 1.49. The summed E-state index contributed by atoms with van der Waals surface area (Å²) in [4.78, 5) is 36.9. The molecule has 1 amide bonds. The van der Waals surface area contributed by atoms with Crippen LogP contribution in [-0.4, -0.2) is 25.4 Å². The number of rotatable bonds is 6. The van der Waals surface area contributed by atoms with E-state index in [1.54, 1.807) is 18.2 Å². The Balaban J connectivity index is 1.43. The molecule has 0 unspecified atom stereocenters. The van der Waals surface area contributed by atoms with Crippen molar-refractivity contribution >= 4 is 33.8 Å². The zero-order valence-electron chi connectivity index (χ0n) is 15.4. The normalized spacial score (nSPS) is 11.0. The SMILES string of the molecule is CCn1c(NNC(=O)CCc2nc3ccccc3[nH]2)nc2ccccc2c1=O. The molecule has 8 heteroatoms. The minimum atomic E-state index is -0.217. The molecule has 0 aliphatic carbocycles. The van der Waals surface area contributed by atoms with Crippen molar-refractivity contribution in [3.8, 4) is 0 Å². The topological polar surface area (TPSA) is 105 Å². The van der Waals surface area contributed by atoms with Gasteiger partial charge in [-0.2, -0.15) is 0 Å². The number of hydrogen-bond donors (Lipinski definition) is 3. The lowest BCUT2D eigenvalue weighted by Gasteiger charge is -2.13. The zero-order chi connectivity index (χ0) is 19.5. The standard InChI is InChI=1S/C20H20N6O2/c1-2-26-19(28)13-7-3-4-8-14(13)23-20(26)25-24-18(27)12-11-17-21-15-9-5-6-10-16(15)22-17/h3-10H,2,11-12H2,1H3,(H,21,22)(H,23,25)(H,24,27).